The Kier molecular flexibility index (Phi) is 4.58. The van der Waals surface area contributed by atoms with Crippen molar-refractivity contribution >= 4 is 44.7 Å². The van der Waals surface area contributed by atoms with Gasteiger partial charge in [-0.3, -0.25) is 9.59 Å². The highest BCUT2D eigenvalue weighted by Crippen LogP contribution is 2.32. The highest BCUT2D eigenvalue weighted by molar-refractivity contribution is 7.16. The van der Waals surface area contributed by atoms with E-state index in [2.05, 4.69) is 15.3 Å². The maximum absolute atomic E-state index is 12.8. The molecule has 0 fully saturated rings. The maximum atomic E-state index is 12.8. The molecule has 0 saturated carbocycles. The third-order valence-corrected chi connectivity index (χ3v) is 5.18. The standard InChI is InChI=1S/C21H16N4O2S/c1-12(26)13-3-2-4-14(9-13)16-7-8-23-20(22)19(16)25-21(27)15-5-6-17-18(10-15)28-11-24-17/h2-11H,1H3,(H2,22,23)(H,25,27). The number of rotatable bonds is 4. The number of hydrogen-bond donors (Lipinski definition) is 2. The van der Waals surface area contributed by atoms with Crippen LogP contribution in [0, 0.1) is 0 Å². The molecule has 28 heavy (non-hydrogen) atoms. The first-order chi connectivity index (χ1) is 13.5. The monoisotopic (exact) mass is 388 g/mol. The van der Waals surface area contributed by atoms with E-state index in [-0.39, 0.29) is 17.5 Å². The summed E-state index contributed by atoms with van der Waals surface area (Å²) in [6, 6.07) is 14.3. The number of amides is 1. The van der Waals surface area contributed by atoms with Gasteiger partial charge in [-0.2, -0.15) is 0 Å². The first kappa shape index (κ1) is 17.8. The number of fused-ring (bicyclic) bond motifs is 1. The van der Waals surface area contributed by atoms with Crippen molar-refractivity contribution in [1.82, 2.24) is 9.97 Å². The number of Topliss-reactive ketones (excluding diaryl/α,β-unsaturated/α-hetero) is 1. The molecule has 0 aliphatic rings. The molecule has 138 valence electrons. The number of aromatic nitrogens is 2. The summed E-state index contributed by atoms with van der Waals surface area (Å²) < 4.78 is 0.932. The molecule has 0 saturated heterocycles. The average molecular weight is 388 g/mol. The number of pyridine rings is 1. The number of thiazole rings is 1. The lowest BCUT2D eigenvalue weighted by Gasteiger charge is -2.14. The normalized spacial score (nSPS) is 10.8. The van der Waals surface area contributed by atoms with E-state index in [1.54, 1.807) is 48.1 Å². The Bertz CT molecular complexity index is 1220. The fourth-order valence-corrected chi connectivity index (χ4v) is 3.65. The van der Waals surface area contributed by atoms with Gasteiger partial charge in [0.1, 0.15) is 5.82 Å². The van der Waals surface area contributed by atoms with E-state index in [9.17, 15) is 9.59 Å². The summed E-state index contributed by atoms with van der Waals surface area (Å²) in [5.41, 5.74) is 11.6. The van der Waals surface area contributed by atoms with Crippen molar-refractivity contribution in [2.75, 3.05) is 11.1 Å². The number of carbonyl (C=O) groups is 2. The number of carbonyl (C=O) groups excluding carboxylic acids is 2. The van der Waals surface area contributed by atoms with Crippen LogP contribution in [0.15, 0.2) is 60.2 Å². The number of nitrogens with two attached hydrogens (primary N) is 1. The fourth-order valence-electron chi connectivity index (χ4n) is 2.94. The number of ketones is 1. The van der Waals surface area contributed by atoms with Crippen LogP contribution in [-0.4, -0.2) is 21.7 Å². The number of nitrogens with one attached hydrogen (secondary N) is 1. The lowest BCUT2D eigenvalue weighted by Crippen LogP contribution is -2.14. The molecular formula is C21H16N4O2S. The molecule has 0 atom stereocenters. The molecule has 2 heterocycles. The van der Waals surface area contributed by atoms with E-state index in [0.29, 0.717) is 22.4 Å². The Morgan fingerprint density at radius 1 is 1.04 bits per heavy atom. The molecule has 0 unspecified atom stereocenters. The minimum atomic E-state index is -0.293. The average Bonchev–Trinajstić information content (AvgIpc) is 3.17. The molecule has 2 aromatic carbocycles. The summed E-state index contributed by atoms with van der Waals surface area (Å²) >= 11 is 1.47. The number of benzene rings is 2. The summed E-state index contributed by atoms with van der Waals surface area (Å²) in [6.45, 7) is 1.51. The highest BCUT2D eigenvalue weighted by atomic mass is 32.1. The molecule has 4 rings (SSSR count). The van der Waals surface area contributed by atoms with Crippen LogP contribution in [0.3, 0.4) is 0 Å². The van der Waals surface area contributed by atoms with Gasteiger partial charge in [-0.15, -0.1) is 11.3 Å². The molecule has 0 spiro atoms. The first-order valence-corrected chi connectivity index (χ1v) is 9.41. The third kappa shape index (κ3) is 3.35. The van der Waals surface area contributed by atoms with Gasteiger partial charge in [0.2, 0.25) is 0 Å². The zero-order valence-corrected chi connectivity index (χ0v) is 15.8. The van der Waals surface area contributed by atoms with Crippen LogP contribution in [0.1, 0.15) is 27.6 Å². The molecular weight excluding hydrogens is 372 g/mol. The van der Waals surface area contributed by atoms with Crippen LogP contribution in [0.4, 0.5) is 11.5 Å². The fraction of sp³-hybridized carbons (Fsp3) is 0.0476. The molecule has 0 aliphatic carbocycles. The van der Waals surface area contributed by atoms with Crippen LogP contribution in [0.5, 0.6) is 0 Å². The summed E-state index contributed by atoms with van der Waals surface area (Å²) in [7, 11) is 0. The zero-order chi connectivity index (χ0) is 19.7. The predicted octanol–water partition coefficient (Wildman–Crippen LogP) is 4.40. The van der Waals surface area contributed by atoms with Gasteiger partial charge in [0, 0.05) is 22.9 Å². The van der Waals surface area contributed by atoms with E-state index in [4.69, 9.17) is 5.73 Å². The largest absolute Gasteiger partial charge is 0.382 e. The highest BCUT2D eigenvalue weighted by Gasteiger charge is 2.15. The number of nitrogen functional groups attached to an aromatic ring is 1. The predicted molar refractivity (Wildman–Crippen MR) is 112 cm³/mol. The van der Waals surface area contributed by atoms with Gasteiger partial charge < -0.3 is 11.1 Å². The van der Waals surface area contributed by atoms with Gasteiger partial charge in [0.05, 0.1) is 21.4 Å². The van der Waals surface area contributed by atoms with Crippen LogP contribution < -0.4 is 11.1 Å². The van der Waals surface area contributed by atoms with Gasteiger partial charge in [0.25, 0.3) is 5.91 Å². The summed E-state index contributed by atoms with van der Waals surface area (Å²) in [4.78, 5) is 32.9. The Morgan fingerprint density at radius 3 is 2.71 bits per heavy atom. The van der Waals surface area contributed by atoms with Gasteiger partial charge in [-0.05, 0) is 42.8 Å². The Balaban J connectivity index is 1.72. The minimum absolute atomic E-state index is 0.0349. The molecule has 7 heteroatoms. The summed E-state index contributed by atoms with van der Waals surface area (Å²) in [5, 5.41) is 2.87. The number of nitrogens with zero attached hydrogens (tertiary/aromatic N) is 2. The van der Waals surface area contributed by atoms with Crippen molar-refractivity contribution in [2.45, 2.75) is 6.92 Å². The SMILES string of the molecule is CC(=O)c1cccc(-c2ccnc(N)c2NC(=O)c2ccc3ncsc3c2)c1. The van der Waals surface area contributed by atoms with E-state index < -0.39 is 0 Å². The molecule has 6 nitrogen and oxygen atoms in total. The van der Waals surface area contributed by atoms with Crippen LogP contribution >= 0.6 is 11.3 Å². The Labute approximate surface area is 165 Å². The van der Waals surface area contributed by atoms with Crippen molar-refractivity contribution in [3.05, 3.63) is 71.4 Å². The summed E-state index contributed by atoms with van der Waals surface area (Å²) in [5.74, 6) is -0.121. The number of hydrogen-bond acceptors (Lipinski definition) is 6. The summed E-state index contributed by atoms with van der Waals surface area (Å²) in [6.07, 6.45) is 1.57. The zero-order valence-electron chi connectivity index (χ0n) is 15.0. The van der Waals surface area contributed by atoms with Gasteiger partial charge in [0.15, 0.2) is 5.78 Å². The van der Waals surface area contributed by atoms with E-state index >= 15 is 0 Å². The van der Waals surface area contributed by atoms with Crippen molar-refractivity contribution in [1.29, 1.82) is 0 Å². The molecule has 1 amide bonds. The molecule has 2 aromatic heterocycles. The topological polar surface area (TPSA) is 98.0 Å². The molecule has 0 aliphatic heterocycles. The van der Waals surface area contributed by atoms with E-state index in [0.717, 1.165) is 15.8 Å². The molecule has 3 N–H and O–H groups in total. The minimum Gasteiger partial charge on any atom is -0.382 e. The van der Waals surface area contributed by atoms with Crippen molar-refractivity contribution in [2.24, 2.45) is 0 Å². The van der Waals surface area contributed by atoms with Crippen LogP contribution in [0.2, 0.25) is 0 Å². The second-order valence-electron chi connectivity index (χ2n) is 6.24. The van der Waals surface area contributed by atoms with Crippen LogP contribution in [-0.2, 0) is 0 Å². The number of anilines is 2. The van der Waals surface area contributed by atoms with Gasteiger partial charge >= 0.3 is 0 Å². The quantitative estimate of drug-likeness (QED) is 0.505. The van der Waals surface area contributed by atoms with Crippen LogP contribution in [0.25, 0.3) is 21.3 Å². The maximum Gasteiger partial charge on any atom is 0.255 e. The van der Waals surface area contributed by atoms with Crippen molar-refractivity contribution in [3.63, 3.8) is 0 Å². The second-order valence-corrected chi connectivity index (χ2v) is 7.13. The second kappa shape index (κ2) is 7.21. The van der Waals surface area contributed by atoms with E-state index in [1.807, 2.05) is 12.1 Å². The lowest BCUT2D eigenvalue weighted by molar-refractivity contribution is 0.101. The van der Waals surface area contributed by atoms with Gasteiger partial charge in [-0.1, -0.05) is 18.2 Å². The van der Waals surface area contributed by atoms with E-state index in [1.165, 1.54) is 18.3 Å². The van der Waals surface area contributed by atoms with Gasteiger partial charge in [-0.25, -0.2) is 9.97 Å². The van der Waals surface area contributed by atoms with Crippen molar-refractivity contribution in [3.8, 4) is 11.1 Å². The Morgan fingerprint density at radius 2 is 1.89 bits per heavy atom. The first-order valence-electron chi connectivity index (χ1n) is 8.53. The third-order valence-electron chi connectivity index (χ3n) is 4.39. The lowest BCUT2D eigenvalue weighted by atomic mass is 10.0. The smallest absolute Gasteiger partial charge is 0.255 e. The Hall–Kier alpha value is -3.58. The molecule has 0 bridgehead atoms. The van der Waals surface area contributed by atoms with Crippen molar-refractivity contribution < 1.29 is 9.59 Å². The molecule has 4 aromatic rings. The molecule has 0 radical (unpaired) electrons.